The van der Waals surface area contributed by atoms with Gasteiger partial charge in [0, 0.05) is 47.7 Å². The molecule has 0 unspecified atom stereocenters. The Hall–Kier alpha value is -3.68. The van der Waals surface area contributed by atoms with Crippen LogP contribution in [0.3, 0.4) is 0 Å². The molecule has 0 spiro atoms. The van der Waals surface area contributed by atoms with Crippen LogP contribution >= 0.6 is 11.3 Å². The normalized spacial score (nSPS) is 22.0. The molecule has 7 rings (SSSR count). The number of hydrogen-bond donors (Lipinski definition) is 2. The molecule has 3 aliphatic rings. The Morgan fingerprint density at radius 2 is 1.80 bits per heavy atom. The molecule has 13 heteroatoms. The number of piperazine rings is 1. The minimum absolute atomic E-state index is 0.137. The molecule has 238 valence electrons. The summed E-state index contributed by atoms with van der Waals surface area (Å²) in [6.45, 7) is 8.20. The number of thiazole rings is 1. The second kappa shape index (κ2) is 11.6. The number of ether oxygens (including phenoxy) is 2. The number of likely N-dealkylation sites (N-methyl/N-ethyl adjacent to an activating group) is 1. The van der Waals surface area contributed by atoms with Crippen molar-refractivity contribution in [1.29, 1.82) is 0 Å². The molecular weight excluding hydrogens is 600 g/mol. The van der Waals surface area contributed by atoms with Crippen LogP contribution < -0.4 is 20.3 Å². The number of anilines is 2. The molecule has 2 bridgehead atoms. The van der Waals surface area contributed by atoms with E-state index in [1.165, 1.54) is 12.1 Å². The second-order valence-corrected chi connectivity index (χ2v) is 14.2. The maximum absolute atomic E-state index is 16.7. The number of nitrogens with one attached hydrogen (secondary N) is 2. The van der Waals surface area contributed by atoms with E-state index >= 15 is 4.39 Å². The van der Waals surface area contributed by atoms with Gasteiger partial charge in [0.1, 0.15) is 29.4 Å². The summed E-state index contributed by atoms with van der Waals surface area (Å²) >= 11 is 0.963. The average Bonchev–Trinajstić information content (AvgIpc) is 3.69. The smallest absolute Gasteiger partial charge is 0.413 e. The Morgan fingerprint density at radius 3 is 2.51 bits per heavy atom. The monoisotopic (exact) mass is 637 g/mol. The van der Waals surface area contributed by atoms with Crippen molar-refractivity contribution >= 4 is 49.5 Å². The largest absolute Gasteiger partial charge is 0.462 e. The number of hydrogen-bond acceptors (Lipinski definition) is 10. The number of aromatic nitrogens is 3. The summed E-state index contributed by atoms with van der Waals surface area (Å²) in [4.78, 5) is 30.8. The summed E-state index contributed by atoms with van der Waals surface area (Å²) in [5.74, 6) is -0.435. The Balaban J connectivity index is 1.29. The van der Waals surface area contributed by atoms with Gasteiger partial charge in [0.2, 0.25) is 0 Å². The number of benzene rings is 2. The Bertz CT molecular complexity index is 1770. The standard InChI is InChI=1S/C32H37F2N7O3S/c1-32(2,3)44-31(42)39-30-37-26-21(11-12-23(33)27(26)45-30)20-9-10-22-25(24(20)34)36-29(43-16-19-6-5-13-40(19)4)38-28(22)41-14-17-7-8-18(15-41)35-17/h9-12,17-19,35H,5-8,13-16H2,1-4H3,(H,37,39,42)/t17-,18+,19-/m0/s1. The number of fused-ring (bicyclic) bond motifs is 4. The van der Waals surface area contributed by atoms with Gasteiger partial charge in [-0.3, -0.25) is 5.32 Å². The zero-order valence-electron chi connectivity index (χ0n) is 25.8. The predicted molar refractivity (Wildman–Crippen MR) is 171 cm³/mol. The minimum Gasteiger partial charge on any atom is -0.462 e. The molecule has 45 heavy (non-hydrogen) atoms. The van der Waals surface area contributed by atoms with E-state index in [0.29, 0.717) is 35.5 Å². The zero-order valence-corrected chi connectivity index (χ0v) is 26.6. The highest BCUT2D eigenvalue weighted by Crippen LogP contribution is 2.40. The molecule has 4 aromatic rings. The first kappa shape index (κ1) is 30.0. The van der Waals surface area contributed by atoms with Gasteiger partial charge < -0.3 is 24.6 Å². The highest BCUT2D eigenvalue weighted by Gasteiger charge is 2.34. The third-order valence-electron chi connectivity index (χ3n) is 8.75. The molecule has 3 saturated heterocycles. The fraction of sp³-hybridized carbons (Fsp3) is 0.500. The van der Waals surface area contributed by atoms with Crippen molar-refractivity contribution in [1.82, 2.24) is 25.2 Å². The van der Waals surface area contributed by atoms with Crippen LogP contribution in [0.15, 0.2) is 24.3 Å². The minimum atomic E-state index is -0.716. The lowest BCUT2D eigenvalue weighted by atomic mass is 10.0. The van der Waals surface area contributed by atoms with Crippen LogP contribution in [0, 0.1) is 11.6 Å². The van der Waals surface area contributed by atoms with E-state index in [0.717, 1.165) is 56.7 Å². The molecule has 0 aliphatic carbocycles. The molecule has 3 atom stereocenters. The fourth-order valence-electron chi connectivity index (χ4n) is 6.61. The van der Waals surface area contributed by atoms with Gasteiger partial charge in [-0.15, -0.1) is 0 Å². The molecule has 5 heterocycles. The van der Waals surface area contributed by atoms with Crippen LogP contribution in [0.4, 0.5) is 24.5 Å². The summed E-state index contributed by atoms with van der Waals surface area (Å²) in [7, 11) is 2.08. The van der Waals surface area contributed by atoms with Gasteiger partial charge in [-0.25, -0.2) is 18.6 Å². The first-order chi connectivity index (χ1) is 21.5. The summed E-state index contributed by atoms with van der Waals surface area (Å²) in [6.07, 6.45) is 3.61. The maximum atomic E-state index is 16.7. The van der Waals surface area contributed by atoms with Gasteiger partial charge in [-0.1, -0.05) is 17.4 Å². The van der Waals surface area contributed by atoms with Gasteiger partial charge in [-0.2, -0.15) is 9.97 Å². The number of nitrogens with zero attached hydrogens (tertiary/aromatic N) is 5. The highest BCUT2D eigenvalue weighted by atomic mass is 32.1. The first-order valence-corrected chi connectivity index (χ1v) is 16.3. The molecule has 3 aliphatic heterocycles. The van der Waals surface area contributed by atoms with Crippen molar-refractivity contribution in [3.05, 3.63) is 35.9 Å². The lowest BCUT2D eigenvalue weighted by Crippen LogP contribution is -2.51. The number of rotatable bonds is 6. The molecule has 3 fully saturated rings. The fourth-order valence-corrected chi connectivity index (χ4v) is 7.49. The number of halogens is 2. The molecule has 2 aromatic heterocycles. The van der Waals surface area contributed by atoms with Gasteiger partial charge in [0.05, 0.1) is 10.2 Å². The van der Waals surface area contributed by atoms with Crippen LogP contribution in [-0.4, -0.2) is 83.0 Å². The number of amides is 1. The Morgan fingerprint density at radius 1 is 1.04 bits per heavy atom. The van der Waals surface area contributed by atoms with Gasteiger partial charge in [0.15, 0.2) is 10.9 Å². The summed E-state index contributed by atoms with van der Waals surface area (Å²) < 4.78 is 43.3. The molecule has 2 N–H and O–H groups in total. The quantitative estimate of drug-likeness (QED) is 0.266. The second-order valence-electron chi connectivity index (χ2n) is 13.2. The van der Waals surface area contributed by atoms with Gasteiger partial charge in [0.25, 0.3) is 0 Å². The summed E-state index contributed by atoms with van der Waals surface area (Å²) in [6, 6.07) is 7.38. The lowest BCUT2D eigenvalue weighted by molar-refractivity contribution is 0.0636. The van der Waals surface area contributed by atoms with Crippen LogP contribution in [0.25, 0.3) is 32.2 Å². The van der Waals surface area contributed by atoms with E-state index in [-0.39, 0.29) is 38.5 Å². The van der Waals surface area contributed by atoms with E-state index in [9.17, 15) is 9.18 Å². The summed E-state index contributed by atoms with van der Waals surface area (Å²) in [5.41, 5.74) is 0.255. The van der Waals surface area contributed by atoms with Crippen LogP contribution in [0.1, 0.15) is 46.5 Å². The maximum Gasteiger partial charge on any atom is 0.413 e. The third-order valence-corrected chi connectivity index (χ3v) is 9.73. The Labute approximate surface area is 264 Å². The lowest BCUT2D eigenvalue weighted by Gasteiger charge is -2.34. The highest BCUT2D eigenvalue weighted by molar-refractivity contribution is 7.22. The van der Waals surface area contributed by atoms with Gasteiger partial charge in [-0.05, 0) is 78.2 Å². The molecule has 2 aromatic carbocycles. The third kappa shape index (κ3) is 6.00. The first-order valence-electron chi connectivity index (χ1n) is 15.5. The molecular formula is C32H37F2N7O3S. The number of carbonyl (C=O) groups is 1. The molecule has 1 amide bonds. The van der Waals surface area contributed by atoms with Gasteiger partial charge >= 0.3 is 12.1 Å². The van der Waals surface area contributed by atoms with Crippen molar-refractivity contribution in [2.75, 3.05) is 43.5 Å². The number of likely N-dealkylation sites (tertiary alicyclic amines) is 1. The van der Waals surface area contributed by atoms with Crippen LogP contribution in [-0.2, 0) is 4.74 Å². The number of carbonyl (C=O) groups excluding carboxylic acids is 1. The van der Waals surface area contributed by atoms with Crippen LogP contribution in [0.5, 0.6) is 6.01 Å². The van der Waals surface area contributed by atoms with Crippen molar-refractivity contribution in [3.8, 4) is 17.1 Å². The molecule has 0 radical (unpaired) electrons. The van der Waals surface area contributed by atoms with Crippen molar-refractivity contribution in [2.24, 2.45) is 0 Å². The average molecular weight is 638 g/mol. The Kier molecular flexibility index (Phi) is 7.73. The van der Waals surface area contributed by atoms with E-state index in [1.54, 1.807) is 26.8 Å². The predicted octanol–water partition coefficient (Wildman–Crippen LogP) is 5.95. The van der Waals surface area contributed by atoms with Crippen molar-refractivity contribution in [3.63, 3.8) is 0 Å². The van der Waals surface area contributed by atoms with E-state index in [1.807, 2.05) is 6.07 Å². The molecule has 0 saturated carbocycles. The topological polar surface area (TPSA) is 105 Å². The SMILES string of the molecule is CN1CCC[C@H]1COc1nc(N2C[C@H]3CC[C@@H](C2)N3)c2ccc(-c3ccc(F)c4sc(NC(=O)OC(C)(C)C)nc34)c(F)c2n1. The van der Waals surface area contributed by atoms with Crippen molar-refractivity contribution in [2.45, 2.75) is 70.2 Å². The van der Waals surface area contributed by atoms with Crippen LogP contribution in [0.2, 0.25) is 0 Å². The van der Waals surface area contributed by atoms with E-state index < -0.39 is 23.3 Å². The van der Waals surface area contributed by atoms with E-state index in [2.05, 4.69) is 37.4 Å². The zero-order chi connectivity index (χ0) is 31.5. The summed E-state index contributed by atoms with van der Waals surface area (Å²) in [5, 5.41) is 6.96. The van der Waals surface area contributed by atoms with Crippen molar-refractivity contribution < 1.29 is 23.0 Å². The molecule has 10 nitrogen and oxygen atoms in total. The van der Waals surface area contributed by atoms with E-state index in [4.69, 9.17) is 14.5 Å².